The van der Waals surface area contributed by atoms with Crippen molar-refractivity contribution >= 4 is 27.5 Å². The molecular formula is C14H17BrN2O3. The molecule has 2 atom stereocenters. The van der Waals surface area contributed by atoms with Crippen LogP contribution in [0.15, 0.2) is 22.7 Å². The second-order valence-electron chi connectivity index (χ2n) is 5.58. The third kappa shape index (κ3) is 3.17. The van der Waals surface area contributed by atoms with E-state index in [1.807, 2.05) is 0 Å². The number of carbonyl (C=O) groups is 1. The fourth-order valence-electron chi connectivity index (χ4n) is 2.79. The van der Waals surface area contributed by atoms with Crippen molar-refractivity contribution in [3.63, 3.8) is 0 Å². The monoisotopic (exact) mass is 340 g/mol. The molecule has 1 aromatic rings. The molecule has 0 radical (unpaired) electrons. The lowest BCUT2D eigenvalue weighted by Gasteiger charge is -2.35. The Morgan fingerprint density at radius 3 is 2.50 bits per heavy atom. The van der Waals surface area contributed by atoms with Gasteiger partial charge in [0.1, 0.15) is 0 Å². The predicted octanol–water partition coefficient (Wildman–Crippen LogP) is 3.48. The Labute approximate surface area is 126 Å². The summed E-state index contributed by atoms with van der Waals surface area (Å²) < 4.78 is 0.596. The van der Waals surface area contributed by atoms with E-state index in [1.54, 1.807) is 11.0 Å². The quantitative estimate of drug-likeness (QED) is 0.611. The average molecular weight is 341 g/mol. The Balaban J connectivity index is 2.28. The highest BCUT2D eigenvalue weighted by Crippen LogP contribution is 2.27. The largest absolute Gasteiger partial charge is 0.338 e. The van der Waals surface area contributed by atoms with Gasteiger partial charge in [-0.2, -0.15) is 0 Å². The number of amides is 1. The first kappa shape index (κ1) is 15.0. The highest BCUT2D eigenvalue weighted by Gasteiger charge is 2.28. The fourth-order valence-corrected chi connectivity index (χ4v) is 3.21. The zero-order chi connectivity index (χ0) is 14.9. The van der Waals surface area contributed by atoms with Crippen LogP contribution >= 0.6 is 15.9 Å². The Morgan fingerprint density at radius 1 is 1.35 bits per heavy atom. The Bertz CT molecular complexity index is 537. The summed E-state index contributed by atoms with van der Waals surface area (Å²) in [5, 5.41) is 10.8. The van der Waals surface area contributed by atoms with E-state index >= 15 is 0 Å². The molecule has 6 heteroatoms. The number of halogens is 1. The van der Waals surface area contributed by atoms with Gasteiger partial charge in [-0.05, 0) is 40.3 Å². The molecule has 0 aromatic heterocycles. The third-order valence-electron chi connectivity index (χ3n) is 3.55. The zero-order valence-corrected chi connectivity index (χ0v) is 13.1. The molecule has 1 aromatic carbocycles. The first-order valence-corrected chi connectivity index (χ1v) is 7.41. The number of likely N-dealkylation sites (tertiary alicyclic amines) is 1. The van der Waals surface area contributed by atoms with E-state index in [-0.39, 0.29) is 11.6 Å². The average Bonchev–Trinajstić information content (AvgIpc) is 2.37. The van der Waals surface area contributed by atoms with E-state index in [9.17, 15) is 14.9 Å². The van der Waals surface area contributed by atoms with Crippen molar-refractivity contribution in [3.05, 3.63) is 38.3 Å². The molecule has 1 aliphatic rings. The minimum absolute atomic E-state index is 0.0605. The van der Waals surface area contributed by atoms with E-state index < -0.39 is 4.92 Å². The van der Waals surface area contributed by atoms with Crippen LogP contribution in [0.25, 0.3) is 0 Å². The number of nitro benzene ring substituents is 1. The summed E-state index contributed by atoms with van der Waals surface area (Å²) in [4.78, 5) is 24.7. The van der Waals surface area contributed by atoms with Crippen LogP contribution in [0.5, 0.6) is 0 Å². The molecule has 5 nitrogen and oxygen atoms in total. The molecular weight excluding hydrogens is 324 g/mol. The molecule has 0 N–H and O–H groups in total. The van der Waals surface area contributed by atoms with Gasteiger partial charge in [0, 0.05) is 29.7 Å². The first-order chi connectivity index (χ1) is 9.38. The molecule has 1 amide bonds. The van der Waals surface area contributed by atoms with Crippen LogP contribution in [0.1, 0.15) is 30.6 Å². The van der Waals surface area contributed by atoms with Crippen LogP contribution < -0.4 is 0 Å². The molecule has 0 saturated carbocycles. The molecule has 1 saturated heterocycles. The molecule has 1 fully saturated rings. The van der Waals surface area contributed by atoms with Gasteiger partial charge >= 0.3 is 0 Å². The van der Waals surface area contributed by atoms with Crippen molar-refractivity contribution in [1.82, 2.24) is 4.90 Å². The number of hydrogen-bond acceptors (Lipinski definition) is 3. The van der Waals surface area contributed by atoms with Gasteiger partial charge in [0.2, 0.25) is 0 Å². The topological polar surface area (TPSA) is 63.5 Å². The summed E-state index contributed by atoms with van der Waals surface area (Å²) in [5.41, 5.74) is 0.301. The molecule has 108 valence electrons. The summed E-state index contributed by atoms with van der Waals surface area (Å²) in [7, 11) is 0. The molecule has 0 bridgehead atoms. The Morgan fingerprint density at radius 2 is 1.95 bits per heavy atom. The minimum atomic E-state index is -0.481. The maximum Gasteiger partial charge on any atom is 0.270 e. The van der Waals surface area contributed by atoms with Gasteiger partial charge < -0.3 is 4.90 Å². The molecule has 1 heterocycles. The predicted molar refractivity (Wildman–Crippen MR) is 79.6 cm³/mol. The molecule has 0 spiro atoms. The zero-order valence-electron chi connectivity index (χ0n) is 11.5. The lowest BCUT2D eigenvalue weighted by Crippen LogP contribution is -2.42. The molecule has 20 heavy (non-hydrogen) atoms. The van der Waals surface area contributed by atoms with Crippen molar-refractivity contribution in [2.75, 3.05) is 13.1 Å². The summed E-state index contributed by atoms with van der Waals surface area (Å²) in [6, 6.07) is 4.29. The Kier molecular flexibility index (Phi) is 4.42. The van der Waals surface area contributed by atoms with Crippen molar-refractivity contribution in [2.45, 2.75) is 20.3 Å². The summed E-state index contributed by atoms with van der Waals surface area (Å²) in [6.45, 7) is 5.66. The van der Waals surface area contributed by atoms with Crippen molar-refractivity contribution in [3.8, 4) is 0 Å². The number of carbonyl (C=O) groups excluding carboxylic acids is 1. The van der Waals surface area contributed by atoms with Gasteiger partial charge in [-0.1, -0.05) is 13.8 Å². The fraction of sp³-hybridized carbons (Fsp3) is 0.500. The number of non-ortho nitro benzene ring substituents is 1. The smallest absolute Gasteiger partial charge is 0.270 e. The number of piperidine rings is 1. The molecule has 1 aliphatic heterocycles. The van der Waals surface area contributed by atoms with Crippen LogP contribution in [0.4, 0.5) is 5.69 Å². The highest BCUT2D eigenvalue weighted by atomic mass is 79.9. The van der Waals surface area contributed by atoms with E-state index in [0.717, 1.165) is 6.42 Å². The second kappa shape index (κ2) is 5.91. The summed E-state index contributed by atoms with van der Waals surface area (Å²) in [6.07, 6.45) is 1.11. The SMILES string of the molecule is CC1CC(C)CN(C(=O)c2cc([N+](=O)[O-])ccc2Br)C1. The Hall–Kier alpha value is -1.43. The van der Waals surface area contributed by atoms with Gasteiger partial charge in [0.25, 0.3) is 11.6 Å². The van der Waals surface area contributed by atoms with Crippen molar-refractivity contribution < 1.29 is 9.72 Å². The highest BCUT2D eigenvalue weighted by molar-refractivity contribution is 9.10. The molecule has 0 aliphatic carbocycles. The third-order valence-corrected chi connectivity index (χ3v) is 4.24. The maximum absolute atomic E-state index is 12.6. The summed E-state index contributed by atoms with van der Waals surface area (Å²) in [5.74, 6) is 0.777. The number of nitro groups is 1. The first-order valence-electron chi connectivity index (χ1n) is 6.61. The van der Waals surface area contributed by atoms with Gasteiger partial charge in [0.15, 0.2) is 0 Å². The van der Waals surface area contributed by atoms with Crippen molar-refractivity contribution in [2.24, 2.45) is 11.8 Å². The second-order valence-corrected chi connectivity index (χ2v) is 6.43. The number of rotatable bonds is 2. The molecule has 2 rings (SSSR count). The van der Waals surface area contributed by atoms with E-state index in [1.165, 1.54) is 12.1 Å². The van der Waals surface area contributed by atoms with Crippen molar-refractivity contribution in [1.29, 1.82) is 0 Å². The van der Waals surface area contributed by atoms with Gasteiger partial charge in [-0.15, -0.1) is 0 Å². The van der Waals surface area contributed by atoms with E-state index in [0.29, 0.717) is 35.0 Å². The van der Waals surface area contributed by atoms with Crippen LogP contribution in [-0.2, 0) is 0 Å². The van der Waals surface area contributed by atoms with E-state index in [2.05, 4.69) is 29.8 Å². The lowest BCUT2D eigenvalue weighted by molar-refractivity contribution is -0.384. The van der Waals surface area contributed by atoms with Crippen LogP contribution in [-0.4, -0.2) is 28.8 Å². The number of hydrogen-bond donors (Lipinski definition) is 0. The normalized spacial score (nSPS) is 22.6. The number of nitrogens with zero attached hydrogens (tertiary/aromatic N) is 2. The van der Waals surface area contributed by atoms with E-state index in [4.69, 9.17) is 0 Å². The van der Waals surface area contributed by atoms with Gasteiger partial charge in [-0.3, -0.25) is 14.9 Å². The van der Waals surface area contributed by atoms with Crippen LogP contribution in [0.2, 0.25) is 0 Å². The van der Waals surface area contributed by atoms with Crippen LogP contribution in [0.3, 0.4) is 0 Å². The summed E-state index contributed by atoms with van der Waals surface area (Å²) >= 11 is 3.31. The van der Waals surface area contributed by atoms with Gasteiger partial charge in [-0.25, -0.2) is 0 Å². The molecule has 2 unspecified atom stereocenters. The maximum atomic E-state index is 12.6. The minimum Gasteiger partial charge on any atom is -0.338 e. The lowest BCUT2D eigenvalue weighted by atomic mass is 9.91. The standard InChI is InChI=1S/C14H17BrN2O3/c1-9-5-10(2)8-16(7-9)14(18)12-6-11(17(19)20)3-4-13(12)15/h3-4,6,9-10H,5,7-8H2,1-2H3. The number of benzene rings is 1. The van der Waals surface area contributed by atoms with Gasteiger partial charge in [0.05, 0.1) is 10.5 Å². The van der Waals surface area contributed by atoms with Crippen LogP contribution in [0, 0.1) is 22.0 Å².